The minimum absolute atomic E-state index is 0.0932. The number of methoxy groups -OCH3 is 1. The van der Waals surface area contributed by atoms with Gasteiger partial charge in [0.1, 0.15) is 5.75 Å². The first-order chi connectivity index (χ1) is 13.0. The Morgan fingerprint density at radius 1 is 1.11 bits per heavy atom. The molecule has 2 aromatic carbocycles. The van der Waals surface area contributed by atoms with E-state index in [2.05, 4.69) is 17.4 Å². The van der Waals surface area contributed by atoms with E-state index in [-0.39, 0.29) is 17.7 Å². The zero-order valence-corrected chi connectivity index (χ0v) is 16.8. The molecule has 0 bridgehead atoms. The molecule has 6 heteroatoms. The highest BCUT2D eigenvalue weighted by Crippen LogP contribution is 2.35. The standard InChI is InChI=1S/C21H23Cl2NO3/c1-26-16-7-5-15(6-8-16)21(9-11-27-12-10-21)14-24-20(25)13-17-18(22)3-2-4-19(17)23/h2-8H,9-14H2,1H3,(H,24,25). The van der Waals surface area contributed by atoms with E-state index < -0.39 is 0 Å². The largest absolute Gasteiger partial charge is 0.497 e. The highest BCUT2D eigenvalue weighted by atomic mass is 35.5. The van der Waals surface area contributed by atoms with Crippen LogP contribution in [0.2, 0.25) is 10.0 Å². The number of hydrogen-bond donors (Lipinski definition) is 1. The molecule has 0 saturated carbocycles. The third-order valence-corrected chi connectivity index (χ3v) is 5.88. The maximum Gasteiger partial charge on any atom is 0.224 e. The SMILES string of the molecule is COc1ccc(C2(CNC(=O)Cc3c(Cl)cccc3Cl)CCOCC2)cc1. The number of hydrogen-bond acceptors (Lipinski definition) is 3. The molecule has 0 aliphatic carbocycles. The summed E-state index contributed by atoms with van der Waals surface area (Å²) in [6.45, 7) is 1.90. The Balaban J connectivity index is 1.72. The van der Waals surface area contributed by atoms with Gasteiger partial charge in [-0.3, -0.25) is 4.79 Å². The van der Waals surface area contributed by atoms with E-state index in [0.29, 0.717) is 35.4 Å². The minimum Gasteiger partial charge on any atom is -0.497 e. The Hall–Kier alpha value is -1.75. The summed E-state index contributed by atoms with van der Waals surface area (Å²) < 4.78 is 10.8. The van der Waals surface area contributed by atoms with Gasteiger partial charge < -0.3 is 14.8 Å². The van der Waals surface area contributed by atoms with Crippen LogP contribution >= 0.6 is 23.2 Å². The summed E-state index contributed by atoms with van der Waals surface area (Å²) in [5.74, 6) is 0.725. The molecule has 1 N–H and O–H groups in total. The van der Waals surface area contributed by atoms with Crippen LogP contribution in [-0.4, -0.2) is 32.8 Å². The summed E-state index contributed by atoms with van der Waals surface area (Å²) >= 11 is 12.4. The summed E-state index contributed by atoms with van der Waals surface area (Å²) in [5.41, 5.74) is 1.69. The second-order valence-electron chi connectivity index (χ2n) is 6.77. The van der Waals surface area contributed by atoms with Crippen LogP contribution in [0.25, 0.3) is 0 Å². The topological polar surface area (TPSA) is 47.6 Å². The molecule has 0 radical (unpaired) electrons. The lowest BCUT2D eigenvalue weighted by molar-refractivity contribution is -0.120. The molecule has 0 aromatic heterocycles. The molecule has 1 fully saturated rings. The predicted molar refractivity (Wildman–Crippen MR) is 108 cm³/mol. The maximum absolute atomic E-state index is 12.6. The molecular formula is C21H23Cl2NO3. The van der Waals surface area contributed by atoms with Gasteiger partial charge in [0.15, 0.2) is 0 Å². The molecule has 4 nitrogen and oxygen atoms in total. The van der Waals surface area contributed by atoms with E-state index in [4.69, 9.17) is 32.7 Å². The Morgan fingerprint density at radius 2 is 1.74 bits per heavy atom. The monoisotopic (exact) mass is 407 g/mol. The van der Waals surface area contributed by atoms with Crippen molar-refractivity contribution in [2.75, 3.05) is 26.9 Å². The van der Waals surface area contributed by atoms with Crippen LogP contribution in [0.3, 0.4) is 0 Å². The number of rotatable bonds is 6. The van der Waals surface area contributed by atoms with Crippen LogP contribution < -0.4 is 10.1 Å². The average Bonchev–Trinajstić information content (AvgIpc) is 2.70. The molecule has 1 amide bonds. The quantitative estimate of drug-likeness (QED) is 0.771. The molecule has 0 unspecified atom stereocenters. The third kappa shape index (κ3) is 4.75. The summed E-state index contributed by atoms with van der Waals surface area (Å²) in [6, 6.07) is 13.3. The van der Waals surface area contributed by atoms with Gasteiger partial charge in [-0.05, 0) is 48.2 Å². The van der Waals surface area contributed by atoms with Crippen LogP contribution in [-0.2, 0) is 21.4 Å². The van der Waals surface area contributed by atoms with Crippen molar-refractivity contribution >= 4 is 29.1 Å². The fourth-order valence-corrected chi connectivity index (χ4v) is 4.00. The molecule has 0 atom stereocenters. The van der Waals surface area contributed by atoms with Crippen molar-refractivity contribution in [2.45, 2.75) is 24.7 Å². The van der Waals surface area contributed by atoms with Crippen LogP contribution in [0.4, 0.5) is 0 Å². The number of halogens is 2. The van der Waals surface area contributed by atoms with Crippen molar-refractivity contribution in [3.05, 3.63) is 63.6 Å². The van der Waals surface area contributed by atoms with Gasteiger partial charge in [-0.2, -0.15) is 0 Å². The number of ether oxygens (including phenoxy) is 2. The molecule has 1 aliphatic rings. The van der Waals surface area contributed by atoms with Gasteiger partial charge in [-0.1, -0.05) is 41.4 Å². The molecule has 0 spiro atoms. The number of amides is 1. The number of carbonyl (C=O) groups is 1. The zero-order valence-electron chi connectivity index (χ0n) is 15.3. The molecule has 3 rings (SSSR count). The van der Waals surface area contributed by atoms with Crippen LogP contribution in [0.5, 0.6) is 5.75 Å². The molecule has 1 aliphatic heterocycles. The highest BCUT2D eigenvalue weighted by Gasteiger charge is 2.35. The van der Waals surface area contributed by atoms with Gasteiger partial charge in [-0.15, -0.1) is 0 Å². The van der Waals surface area contributed by atoms with Crippen molar-refractivity contribution in [1.82, 2.24) is 5.32 Å². The molecule has 2 aromatic rings. The van der Waals surface area contributed by atoms with E-state index in [9.17, 15) is 4.79 Å². The molecular weight excluding hydrogens is 385 g/mol. The van der Waals surface area contributed by atoms with Crippen molar-refractivity contribution < 1.29 is 14.3 Å². The minimum atomic E-state index is -0.148. The lowest BCUT2D eigenvalue weighted by Crippen LogP contribution is -2.45. The van der Waals surface area contributed by atoms with Crippen molar-refractivity contribution in [3.8, 4) is 5.75 Å². The van der Waals surface area contributed by atoms with Crippen molar-refractivity contribution in [2.24, 2.45) is 0 Å². The Labute approximate surface area is 169 Å². The first-order valence-electron chi connectivity index (χ1n) is 8.96. The summed E-state index contributed by atoms with van der Waals surface area (Å²) in [4.78, 5) is 12.6. The van der Waals surface area contributed by atoms with Crippen LogP contribution in [0, 0.1) is 0 Å². The first-order valence-corrected chi connectivity index (χ1v) is 9.71. The zero-order chi connectivity index (χ0) is 19.3. The second kappa shape index (κ2) is 8.96. The number of carbonyl (C=O) groups excluding carboxylic acids is 1. The molecule has 144 valence electrons. The normalized spacial score (nSPS) is 16.0. The van der Waals surface area contributed by atoms with E-state index in [1.165, 1.54) is 5.56 Å². The second-order valence-corrected chi connectivity index (χ2v) is 7.59. The molecule has 1 heterocycles. The average molecular weight is 408 g/mol. The van der Waals surface area contributed by atoms with E-state index >= 15 is 0 Å². The predicted octanol–water partition coefficient (Wildman–Crippen LogP) is 4.41. The van der Waals surface area contributed by atoms with Crippen molar-refractivity contribution in [3.63, 3.8) is 0 Å². The fraction of sp³-hybridized carbons (Fsp3) is 0.381. The summed E-state index contributed by atoms with van der Waals surface area (Å²) in [5, 5.41) is 4.10. The summed E-state index contributed by atoms with van der Waals surface area (Å²) in [7, 11) is 1.65. The van der Waals surface area contributed by atoms with Crippen LogP contribution in [0.1, 0.15) is 24.0 Å². The number of nitrogens with one attached hydrogen (secondary N) is 1. The van der Waals surface area contributed by atoms with E-state index in [1.54, 1.807) is 25.3 Å². The van der Waals surface area contributed by atoms with Gasteiger partial charge in [0.2, 0.25) is 5.91 Å². The maximum atomic E-state index is 12.6. The molecule has 27 heavy (non-hydrogen) atoms. The fourth-order valence-electron chi connectivity index (χ4n) is 3.47. The van der Waals surface area contributed by atoms with E-state index in [1.807, 2.05) is 12.1 Å². The van der Waals surface area contributed by atoms with Gasteiger partial charge in [0.25, 0.3) is 0 Å². The lowest BCUT2D eigenvalue weighted by atomic mass is 9.74. The Kier molecular flexibility index (Phi) is 6.64. The smallest absolute Gasteiger partial charge is 0.224 e. The van der Waals surface area contributed by atoms with E-state index in [0.717, 1.165) is 18.6 Å². The third-order valence-electron chi connectivity index (χ3n) is 5.18. The summed E-state index contributed by atoms with van der Waals surface area (Å²) in [6.07, 6.45) is 1.87. The Morgan fingerprint density at radius 3 is 2.33 bits per heavy atom. The Bertz CT molecular complexity index is 766. The van der Waals surface area contributed by atoms with Gasteiger partial charge in [0, 0.05) is 35.2 Å². The van der Waals surface area contributed by atoms with Crippen LogP contribution in [0.15, 0.2) is 42.5 Å². The lowest BCUT2D eigenvalue weighted by Gasteiger charge is -2.38. The number of benzene rings is 2. The van der Waals surface area contributed by atoms with Gasteiger partial charge >= 0.3 is 0 Å². The van der Waals surface area contributed by atoms with Crippen molar-refractivity contribution in [1.29, 1.82) is 0 Å². The highest BCUT2D eigenvalue weighted by molar-refractivity contribution is 6.36. The van der Waals surface area contributed by atoms with Gasteiger partial charge in [-0.25, -0.2) is 0 Å². The molecule has 1 saturated heterocycles. The van der Waals surface area contributed by atoms with Gasteiger partial charge in [0.05, 0.1) is 13.5 Å². The first kappa shape index (κ1) is 20.0.